The van der Waals surface area contributed by atoms with E-state index in [4.69, 9.17) is 0 Å². The molecule has 3 nitrogen and oxygen atoms in total. The highest BCUT2D eigenvalue weighted by Gasteiger charge is 2.33. The van der Waals surface area contributed by atoms with Crippen LogP contribution in [0, 0.1) is 5.92 Å². The molecule has 0 saturated carbocycles. The zero-order valence-electron chi connectivity index (χ0n) is 17.2. The highest BCUT2D eigenvalue weighted by atomic mass is 16.3. The Bertz CT molecular complexity index is 767. The highest BCUT2D eigenvalue weighted by Crippen LogP contribution is 2.35. The fourth-order valence-corrected chi connectivity index (χ4v) is 4.05. The summed E-state index contributed by atoms with van der Waals surface area (Å²) < 4.78 is 0. The van der Waals surface area contributed by atoms with Crippen molar-refractivity contribution in [2.45, 2.75) is 72.6 Å². The van der Waals surface area contributed by atoms with Gasteiger partial charge in [0.05, 0.1) is 11.2 Å². The van der Waals surface area contributed by atoms with Crippen molar-refractivity contribution in [3.05, 3.63) is 47.5 Å². The molecule has 1 atom stereocenters. The zero-order chi connectivity index (χ0) is 19.6. The number of rotatable bonds is 6. The lowest BCUT2D eigenvalue weighted by Crippen LogP contribution is -2.43. The van der Waals surface area contributed by atoms with Crippen LogP contribution in [0.5, 0.6) is 0 Å². The van der Waals surface area contributed by atoms with Crippen LogP contribution in [0.25, 0.3) is 10.8 Å². The molecule has 0 fully saturated rings. The lowest BCUT2D eigenvalue weighted by molar-refractivity contribution is 0.0321. The molecule has 142 valence electrons. The van der Waals surface area contributed by atoms with Crippen LogP contribution in [0.4, 0.5) is 0 Å². The van der Waals surface area contributed by atoms with Crippen LogP contribution in [0.1, 0.15) is 70.8 Å². The van der Waals surface area contributed by atoms with Crippen molar-refractivity contribution < 1.29 is 9.90 Å². The van der Waals surface area contributed by atoms with Gasteiger partial charge < -0.3 is 10.0 Å². The van der Waals surface area contributed by atoms with Crippen molar-refractivity contribution in [3.8, 4) is 0 Å². The number of nitrogens with zero attached hydrogens (tertiary/aromatic N) is 1. The summed E-state index contributed by atoms with van der Waals surface area (Å²) in [5.74, 6) is 0.316. The Kier molecular flexibility index (Phi) is 6.13. The van der Waals surface area contributed by atoms with E-state index in [0.717, 1.165) is 16.3 Å². The number of fused-ring (bicyclic) bond motifs is 1. The molecule has 0 spiro atoms. The van der Waals surface area contributed by atoms with E-state index < -0.39 is 5.60 Å². The minimum atomic E-state index is -1.05. The summed E-state index contributed by atoms with van der Waals surface area (Å²) in [5, 5.41) is 13.2. The molecule has 1 N–H and O–H groups in total. The molecule has 1 amide bonds. The Morgan fingerprint density at radius 1 is 1.00 bits per heavy atom. The molecule has 0 aromatic heterocycles. The quantitative estimate of drug-likeness (QED) is 0.758. The van der Waals surface area contributed by atoms with Crippen LogP contribution in [0.3, 0.4) is 0 Å². The number of carbonyl (C=O) groups is 1. The van der Waals surface area contributed by atoms with Gasteiger partial charge in [-0.05, 0) is 63.3 Å². The van der Waals surface area contributed by atoms with Gasteiger partial charge in [-0.3, -0.25) is 4.79 Å². The molecule has 2 aromatic carbocycles. The van der Waals surface area contributed by atoms with E-state index in [1.165, 1.54) is 0 Å². The highest BCUT2D eigenvalue weighted by molar-refractivity contribution is 6.08. The molecule has 0 bridgehead atoms. The molecule has 3 heteroatoms. The molecular formula is C23H33NO2. The van der Waals surface area contributed by atoms with Crippen molar-refractivity contribution in [3.63, 3.8) is 0 Å². The fraction of sp³-hybridized carbons (Fsp3) is 0.522. The van der Waals surface area contributed by atoms with Crippen molar-refractivity contribution >= 4 is 16.7 Å². The first-order chi connectivity index (χ1) is 12.1. The van der Waals surface area contributed by atoms with Gasteiger partial charge in [0.25, 0.3) is 5.91 Å². The SMILES string of the molecule is CC(C)C[C@@](C)(O)c1ccc2ccccc2c1C(=O)N(C(C)C)C(C)C. The van der Waals surface area contributed by atoms with E-state index in [1.807, 2.05) is 75.9 Å². The van der Waals surface area contributed by atoms with E-state index >= 15 is 0 Å². The van der Waals surface area contributed by atoms with Crippen LogP contribution in [-0.4, -0.2) is 28.0 Å². The molecule has 0 aliphatic rings. The van der Waals surface area contributed by atoms with Gasteiger partial charge in [-0.15, -0.1) is 0 Å². The van der Waals surface area contributed by atoms with Gasteiger partial charge in [0, 0.05) is 12.1 Å². The van der Waals surface area contributed by atoms with Crippen molar-refractivity contribution in [1.29, 1.82) is 0 Å². The molecule has 2 aromatic rings. The maximum atomic E-state index is 13.6. The predicted molar refractivity (Wildman–Crippen MR) is 109 cm³/mol. The van der Waals surface area contributed by atoms with Gasteiger partial charge in [-0.2, -0.15) is 0 Å². The maximum absolute atomic E-state index is 13.6. The number of carbonyl (C=O) groups excluding carboxylic acids is 1. The van der Waals surface area contributed by atoms with Gasteiger partial charge in [0.2, 0.25) is 0 Å². The number of aliphatic hydroxyl groups is 1. The molecule has 0 radical (unpaired) electrons. The second kappa shape index (κ2) is 7.79. The maximum Gasteiger partial charge on any atom is 0.255 e. The topological polar surface area (TPSA) is 40.5 Å². The van der Waals surface area contributed by atoms with Gasteiger partial charge in [0.15, 0.2) is 0 Å². The Hall–Kier alpha value is -1.87. The minimum Gasteiger partial charge on any atom is -0.385 e. The summed E-state index contributed by atoms with van der Waals surface area (Å²) in [6, 6.07) is 12.0. The van der Waals surface area contributed by atoms with Gasteiger partial charge in [0.1, 0.15) is 0 Å². The van der Waals surface area contributed by atoms with Crippen LogP contribution in [-0.2, 0) is 5.60 Å². The van der Waals surface area contributed by atoms with E-state index in [0.29, 0.717) is 17.9 Å². The standard InChI is InChI=1S/C23H33NO2/c1-15(2)14-23(7,26)20-13-12-18-10-8-9-11-19(18)21(20)22(25)24(16(3)4)17(5)6/h8-13,15-17,26H,14H2,1-7H3/t23-/m1/s1. The summed E-state index contributed by atoms with van der Waals surface area (Å²) in [7, 11) is 0. The summed E-state index contributed by atoms with van der Waals surface area (Å²) in [5.41, 5.74) is 0.306. The normalized spacial score (nSPS) is 14.3. The lowest BCUT2D eigenvalue weighted by atomic mass is 9.82. The first-order valence-electron chi connectivity index (χ1n) is 9.63. The monoisotopic (exact) mass is 355 g/mol. The predicted octanol–water partition coefficient (Wildman–Crippen LogP) is 5.35. The molecule has 0 heterocycles. The van der Waals surface area contributed by atoms with Crippen LogP contribution < -0.4 is 0 Å². The molecular weight excluding hydrogens is 322 g/mol. The average Bonchev–Trinajstić information content (AvgIpc) is 2.51. The van der Waals surface area contributed by atoms with Gasteiger partial charge >= 0.3 is 0 Å². The molecule has 0 saturated heterocycles. The fourth-order valence-electron chi connectivity index (χ4n) is 4.05. The van der Waals surface area contributed by atoms with E-state index in [2.05, 4.69) is 13.8 Å². The van der Waals surface area contributed by atoms with Crippen LogP contribution >= 0.6 is 0 Å². The summed E-state index contributed by atoms with van der Waals surface area (Å²) in [6.07, 6.45) is 0.606. The Morgan fingerprint density at radius 2 is 1.58 bits per heavy atom. The second-order valence-electron chi connectivity index (χ2n) is 8.48. The number of benzene rings is 2. The third-order valence-corrected chi connectivity index (χ3v) is 4.88. The zero-order valence-corrected chi connectivity index (χ0v) is 17.2. The summed E-state index contributed by atoms with van der Waals surface area (Å²) >= 11 is 0. The Balaban J connectivity index is 2.75. The Labute approximate surface area is 158 Å². The van der Waals surface area contributed by atoms with Crippen LogP contribution in [0.2, 0.25) is 0 Å². The van der Waals surface area contributed by atoms with E-state index in [1.54, 1.807) is 0 Å². The number of amides is 1. The van der Waals surface area contributed by atoms with Crippen LogP contribution in [0.15, 0.2) is 36.4 Å². The third kappa shape index (κ3) is 4.09. The Morgan fingerprint density at radius 3 is 2.12 bits per heavy atom. The van der Waals surface area contributed by atoms with Crippen molar-refractivity contribution in [2.24, 2.45) is 5.92 Å². The molecule has 0 aliphatic heterocycles. The van der Waals surface area contributed by atoms with Gasteiger partial charge in [-0.25, -0.2) is 0 Å². The lowest BCUT2D eigenvalue weighted by Gasteiger charge is -2.34. The van der Waals surface area contributed by atoms with E-state index in [-0.39, 0.29) is 18.0 Å². The first kappa shape index (κ1) is 20.4. The largest absolute Gasteiger partial charge is 0.385 e. The number of hydrogen-bond acceptors (Lipinski definition) is 2. The first-order valence-corrected chi connectivity index (χ1v) is 9.63. The summed E-state index contributed by atoms with van der Waals surface area (Å²) in [6.45, 7) is 14.1. The molecule has 0 unspecified atom stereocenters. The van der Waals surface area contributed by atoms with Crippen molar-refractivity contribution in [2.75, 3.05) is 0 Å². The third-order valence-electron chi connectivity index (χ3n) is 4.88. The smallest absolute Gasteiger partial charge is 0.255 e. The van der Waals surface area contributed by atoms with Crippen molar-refractivity contribution in [1.82, 2.24) is 4.90 Å². The molecule has 26 heavy (non-hydrogen) atoms. The van der Waals surface area contributed by atoms with E-state index in [9.17, 15) is 9.90 Å². The second-order valence-corrected chi connectivity index (χ2v) is 8.48. The minimum absolute atomic E-state index is 0.00849. The summed E-state index contributed by atoms with van der Waals surface area (Å²) in [4.78, 5) is 15.5. The number of hydrogen-bond donors (Lipinski definition) is 1. The molecule has 2 rings (SSSR count). The van der Waals surface area contributed by atoms with Gasteiger partial charge in [-0.1, -0.05) is 50.2 Å². The molecule has 0 aliphatic carbocycles. The average molecular weight is 356 g/mol.